The lowest BCUT2D eigenvalue weighted by atomic mass is 10.2. The Morgan fingerprint density at radius 3 is 2.73 bits per heavy atom. The molecule has 0 spiro atoms. The Morgan fingerprint density at radius 2 is 1.95 bits per heavy atom. The SMILES string of the molecule is CCOc1ccc(C)cc1S(=O)(=O)N1CCc2ccccc21. The van der Waals surface area contributed by atoms with Crippen LogP contribution in [0.4, 0.5) is 5.69 Å². The number of fused-ring (bicyclic) bond motifs is 1. The van der Waals surface area contributed by atoms with Gasteiger partial charge < -0.3 is 4.74 Å². The number of aryl methyl sites for hydroxylation is 1. The molecule has 4 nitrogen and oxygen atoms in total. The highest BCUT2D eigenvalue weighted by Crippen LogP contribution is 2.35. The van der Waals surface area contributed by atoms with Crippen LogP contribution in [-0.2, 0) is 16.4 Å². The summed E-state index contributed by atoms with van der Waals surface area (Å²) in [6.07, 6.45) is 0.741. The standard InChI is InChI=1S/C17H19NO3S/c1-3-21-16-9-8-13(2)12-17(16)22(19,20)18-11-10-14-6-4-5-7-15(14)18/h4-9,12H,3,10-11H2,1-2H3. The van der Waals surface area contributed by atoms with Gasteiger partial charge >= 0.3 is 0 Å². The second kappa shape index (κ2) is 5.65. The molecular weight excluding hydrogens is 298 g/mol. The zero-order chi connectivity index (χ0) is 15.7. The number of nitrogens with zero attached hydrogens (tertiary/aromatic N) is 1. The molecule has 0 fully saturated rings. The van der Waals surface area contributed by atoms with Gasteiger partial charge in [-0.15, -0.1) is 0 Å². The normalized spacial score (nSPS) is 14.0. The summed E-state index contributed by atoms with van der Waals surface area (Å²) in [5.74, 6) is 0.414. The van der Waals surface area contributed by atoms with Gasteiger partial charge in [-0.25, -0.2) is 8.42 Å². The summed E-state index contributed by atoms with van der Waals surface area (Å²) in [6, 6.07) is 12.9. The third-order valence-electron chi connectivity index (χ3n) is 3.81. The Morgan fingerprint density at radius 1 is 1.18 bits per heavy atom. The lowest BCUT2D eigenvalue weighted by Crippen LogP contribution is -2.29. The van der Waals surface area contributed by atoms with Crippen LogP contribution in [0.25, 0.3) is 0 Å². The van der Waals surface area contributed by atoms with E-state index in [1.807, 2.05) is 44.2 Å². The summed E-state index contributed by atoms with van der Waals surface area (Å²) in [6.45, 7) is 4.64. The number of ether oxygens (including phenoxy) is 1. The molecule has 1 aliphatic heterocycles. The first-order valence-corrected chi connectivity index (χ1v) is 8.82. The average Bonchev–Trinajstić information content (AvgIpc) is 2.94. The zero-order valence-corrected chi connectivity index (χ0v) is 13.6. The number of benzene rings is 2. The molecule has 2 aromatic carbocycles. The van der Waals surface area contributed by atoms with E-state index >= 15 is 0 Å². The highest BCUT2D eigenvalue weighted by atomic mass is 32.2. The van der Waals surface area contributed by atoms with Crippen LogP contribution in [0.2, 0.25) is 0 Å². The molecule has 0 N–H and O–H groups in total. The fraction of sp³-hybridized carbons (Fsp3) is 0.294. The van der Waals surface area contributed by atoms with Gasteiger partial charge in [0.05, 0.1) is 12.3 Å². The molecule has 0 unspecified atom stereocenters. The Kier molecular flexibility index (Phi) is 3.83. The van der Waals surface area contributed by atoms with E-state index in [0.29, 0.717) is 18.9 Å². The minimum atomic E-state index is -3.62. The van der Waals surface area contributed by atoms with Crippen molar-refractivity contribution in [3.63, 3.8) is 0 Å². The summed E-state index contributed by atoms with van der Waals surface area (Å²) < 4.78 is 33.2. The van der Waals surface area contributed by atoms with Crippen LogP contribution >= 0.6 is 0 Å². The van der Waals surface area contributed by atoms with Gasteiger partial charge in [-0.1, -0.05) is 24.3 Å². The topological polar surface area (TPSA) is 46.6 Å². The molecule has 0 bridgehead atoms. The Bertz CT molecular complexity index is 799. The van der Waals surface area contributed by atoms with E-state index in [4.69, 9.17) is 4.74 Å². The van der Waals surface area contributed by atoms with E-state index in [1.165, 1.54) is 4.31 Å². The van der Waals surface area contributed by atoms with E-state index in [2.05, 4.69) is 0 Å². The third kappa shape index (κ3) is 2.46. The summed E-state index contributed by atoms with van der Waals surface area (Å²) in [7, 11) is -3.62. The van der Waals surface area contributed by atoms with E-state index in [-0.39, 0.29) is 4.90 Å². The summed E-state index contributed by atoms with van der Waals surface area (Å²) in [5.41, 5.74) is 2.73. The molecule has 2 aromatic rings. The predicted octanol–water partition coefficient (Wildman–Crippen LogP) is 3.15. The Labute approximate surface area is 131 Å². The molecule has 1 heterocycles. The van der Waals surface area contributed by atoms with Crippen molar-refractivity contribution in [2.24, 2.45) is 0 Å². The van der Waals surface area contributed by atoms with Crippen molar-refractivity contribution < 1.29 is 13.2 Å². The number of rotatable bonds is 4. The van der Waals surface area contributed by atoms with Crippen LogP contribution < -0.4 is 9.04 Å². The molecule has 22 heavy (non-hydrogen) atoms. The maximum atomic E-state index is 13.1. The van der Waals surface area contributed by atoms with Gasteiger partial charge in [0, 0.05) is 6.54 Å². The van der Waals surface area contributed by atoms with Crippen molar-refractivity contribution in [3.8, 4) is 5.75 Å². The van der Waals surface area contributed by atoms with Crippen molar-refractivity contribution in [1.29, 1.82) is 0 Å². The first kappa shape index (κ1) is 14.9. The van der Waals surface area contributed by atoms with Gasteiger partial charge in [-0.05, 0) is 49.6 Å². The van der Waals surface area contributed by atoms with Crippen molar-refractivity contribution in [2.45, 2.75) is 25.2 Å². The molecule has 116 valence electrons. The smallest absolute Gasteiger partial charge is 0.268 e. The van der Waals surface area contributed by atoms with Gasteiger partial charge in [-0.2, -0.15) is 0 Å². The molecule has 0 radical (unpaired) electrons. The van der Waals surface area contributed by atoms with Gasteiger partial charge in [0.2, 0.25) is 0 Å². The van der Waals surface area contributed by atoms with Crippen LogP contribution in [0.5, 0.6) is 5.75 Å². The maximum Gasteiger partial charge on any atom is 0.268 e. The molecule has 0 atom stereocenters. The first-order chi connectivity index (χ1) is 10.5. The van der Waals surface area contributed by atoms with Gasteiger partial charge in [0.25, 0.3) is 10.0 Å². The van der Waals surface area contributed by atoms with Crippen LogP contribution in [0.3, 0.4) is 0 Å². The minimum Gasteiger partial charge on any atom is -0.492 e. The van der Waals surface area contributed by atoms with Crippen molar-refractivity contribution in [1.82, 2.24) is 0 Å². The first-order valence-electron chi connectivity index (χ1n) is 7.38. The van der Waals surface area contributed by atoms with E-state index in [1.54, 1.807) is 12.1 Å². The fourth-order valence-corrected chi connectivity index (χ4v) is 4.49. The summed E-state index contributed by atoms with van der Waals surface area (Å²) in [4.78, 5) is 0.242. The number of hydrogen-bond donors (Lipinski definition) is 0. The lowest BCUT2D eigenvalue weighted by Gasteiger charge is -2.21. The summed E-state index contributed by atoms with van der Waals surface area (Å²) in [5, 5.41) is 0. The molecule has 1 aliphatic rings. The van der Waals surface area contributed by atoms with Crippen LogP contribution in [0, 0.1) is 6.92 Å². The molecular formula is C17H19NO3S. The number of sulfonamides is 1. The average molecular weight is 317 g/mol. The second-order valence-corrected chi connectivity index (χ2v) is 7.17. The van der Waals surface area contributed by atoms with E-state index in [9.17, 15) is 8.42 Å². The largest absolute Gasteiger partial charge is 0.492 e. The van der Waals surface area contributed by atoms with Gasteiger partial charge in [-0.3, -0.25) is 4.31 Å². The zero-order valence-electron chi connectivity index (χ0n) is 12.7. The molecule has 0 saturated heterocycles. The molecule has 0 saturated carbocycles. The fourth-order valence-electron chi connectivity index (χ4n) is 2.77. The maximum absolute atomic E-state index is 13.1. The second-order valence-electron chi connectivity index (χ2n) is 5.34. The highest BCUT2D eigenvalue weighted by molar-refractivity contribution is 7.93. The van der Waals surface area contributed by atoms with Crippen molar-refractivity contribution in [2.75, 3.05) is 17.5 Å². The monoisotopic (exact) mass is 317 g/mol. The number of hydrogen-bond acceptors (Lipinski definition) is 3. The number of para-hydroxylation sites is 1. The third-order valence-corrected chi connectivity index (χ3v) is 5.65. The van der Waals surface area contributed by atoms with Gasteiger partial charge in [0.1, 0.15) is 10.6 Å². The molecule has 5 heteroatoms. The van der Waals surface area contributed by atoms with Crippen LogP contribution in [0.1, 0.15) is 18.1 Å². The van der Waals surface area contributed by atoms with Crippen LogP contribution in [-0.4, -0.2) is 21.6 Å². The lowest BCUT2D eigenvalue weighted by molar-refractivity contribution is 0.331. The highest BCUT2D eigenvalue weighted by Gasteiger charge is 2.32. The molecule has 0 aliphatic carbocycles. The summed E-state index contributed by atoms with van der Waals surface area (Å²) >= 11 is 0. The quantitative estimate of drug-likeness (QED) is 0.870. The van der Waals surface area contributed by atoms with Crippen molar-refractivity contribution >= 4 is 15.7 Å². The Balaban J connectivity index is 2.10. The number of anilines is 1. The Hall–Kier alpha value is -2.01. The molecule has 3 rings (SSSR count). The molecule has 0 amide bonds. The van der Waals surface area contributed by atoms with Crippen LogP contribution in [0.15, 0.2) is 47.4 Å². The van der Waals surface area contributed by atoms with Crippen molar-refractivity contribution in [3.05, 3.63) is 53.6 Å². The van der Waals surface area contributed by atoms with E-state index < -0.39 is 10.0 Å². The predicted molar refractivity (Wildman–Crippen MR) is 87.0 cm³/mol. The van der Waals surface area contributed by atoms with Gasteiger partial charge in [0.15, 0.2) is 0 Å². The van der Waals surface area contributed by atoms with E-state index in [0.717, 1.165) is 23.2 Å². The molecule has 0 aromatic heterocycles. The minimum absolute atomic E-state index is 0.242.